The molecule has 2 rings (SSSR count). The first kappa shape index (κ1) is 11.4. The quantitative estimate of drug-likeness (QED) is 0.833. The van der Waals surface area contributed by atoms with Gasteiger partial charge in [0.15, 0.2) is 0 Å². The average Bonchev–Trinajstić information content (AvgIpc) is 3.12. The number of alkyl halides is 1. The van der Waals surface area contributed by atoms with E-state index in [2.05, 4.69) is 0 Å². The number of halogens is 1. The predicted molar refractivity (Wildman–Crippen MR) is 62.2 cm³/mol. The van der Waals surface area contributed by atoms with Crippen LogP contribution in [0.3, 0.4) is 0 Å². The highest BCUT2D eigenvalue weighted by Crippen LogP contribution is 2.33. The van der Waals surface area contributed by atoms with Crippen LogP contribution in [0.15, 0.2) is 24.3 Å². The Kier molecular flexibility index (Phi) is 3.15. The summed E-state index contributed by atoms with van der Waals surface area (Å²) in [6.45, 7) is 1.82. The number of nitrogens with two attached hydrogens (primary N) is 1. The van der Waals surface area contributed by atoms with E-state index < -0.39 is 5.67 Å². The molecule has 1 aromatic rings. The van der Waals surface area contributed by atoms with E-state index in [1.165, 1.54) is 0 Å². The summed E-state index contributed by atoms with van der Waals surface area (Å²) in [7, 11) is 0. The molecule has 1 aliphatic carbocycles. The van der Waals surface area contributed by atoms with Gasteiger partial charge in [-0.15, -0.1) is 0 Å². The van der Waals surface area contributed by atoms with Crippen LogP contribution in [0.4, 0.5) is 4.39 Å². The van der Waals surface area contributed by atoms with Crippen LogP contribution in [-0.4, -0.2) is 12.6 Å². The van der Waals surface area contributed by atoms with Gasteiger partial charge in [0.25, 0.3) is 0 Å². The molecule has 1 aliphatic rings. The molecule has 0 aliphatic heterocycles. The van der Waals surface area contributed by atoms with Gasteiger partial charge < -0.3 is 10.5 Å². The monoisotopic (exact) mass is 223 g/mol. The molecule has 16 heavy (non-hydrogen) atoms. The van der Waals surface area contributed by atoms with Crippen LogP contribution >= 0.6 is 0 Å². The summed E-state index contributed by atoms with van der Waals surface area (Å²) in [4.78, 5) is 0. The molecule has 1 aromatic carbocycles. The van der Waals surface area contributed by atoms with Crippen molar-refractivity contribution in [3.05, 3.63) is 29.8 Å². The van der Waals surface area contributed by atoms with Gasteiger partial charge in [-0.2, -0.15) is 0 Å². The molecular formula is C13H18FNO. The molecule has 0 saturated heterocycles. The minimum atomic E-state index is -1.43. The Morgan fingerprint density at radius 1 is 1.50 bits per heavy atom. The molecule has 1 atom stereocenters. The Labute approximate surface area is 95.6 Å². The SMILES string of the molecule is CCC(F)(CN)c1cccc(OC2CC2)c1. The third-order valence-electron chi connectivity index (χ3n) is 3.06. The van der Waals surface area contributed by atoms with Crippen molar-refractivity contribution >= 4 is 0 Å². The van der Waals surface area contributed by atoms with Gasteiger partial charge >= 0.3 is 0 Å². The Morgan fingerprint density at radius 2 is 2.25 bits per heavy atom. The normalized spacial score (nSPS) is 19.2. The van der Waals surface area contributed by atoms with Crippen LogP contribution in [-0.2, 0) is 5.67 Å². The standard InChI is InChI=1S/C13H18FNO/c1-2-13(14,9-15)10-4-3-5-12(8-10)16-11-6-7-11/h3-5,8,11H,2,6-7,9,15H2,1H3. The molecule has 0 bridgehead atoms. The van der Waals surface area contributed by atoms with Gasteiger partial charge in [-0.05, 0) is 37.0 Å². The van der Waals surface area contributed by atoms with E-state index >= 15 is 0 Å². The van der Waals surface area contributed by atoms with Crippen LogP contribution in [0.25, 0.3) is 0 Å². The summed E-state index contributed by atoms with van der Waals surface area (Å²) in [6, 6.07) is 7.24. The molecule has 2 nitrogen and oxygen atoms in total. The van der Waals surface area contributed by atoms with Crippen molar-refractivity contribution < 1.29 is 9.13 Å². The van der Waals surface area contributed by atoms with Gasteiger partial charge in [0.2, 0.25) is 0 Å². The van der Waals surface area contributed by atoms with E-state index in [0.717, 1.165) is 18.6 Å². The van der Waals surface area contributed by atoms with E-state index in [4.69, 9.17) is 10.5 Å². The van der Waals surface area contributed by atoms with Gasteiger partial charge in [0.1, 0.15) is 11.4 Å². The number of rotatable bonds is 5. The van der Waals surface area contributed by atoms with E-state index in [-0.39, 0.29) is 6.54 Å². The van der Waals surface area contributed by atoms with Gasteiger partial charge in [-0.25, -0.2) is 4.39 Å². The fourth-order valence-corrected chi connectivity index (χ4v) is 1.69. The largest absolute Gasteiger partial charge is 0.490 e. The maximum Gasteiger partial charge on any atom is 0.148 e. The van der Waals surface area contributed by atoms with Gasteiger partial charge in [-0.3, -0.25) is 0 Å². The molecule has 0 radical (unpaired) electrons. The lowest BCUT2D eigenvalue weighted by molar-refractivity contribution is 0.168. The zero-order valence-electron chi connectivity index (χ0n) is 9.58. The zero-order chi connectivity index (χ0) is 11.6. The van der Waals surface area contributed by atoms with Crippen LogP contribution < -0.4 is 10.5 Å². The summed E-state index contributed by atoms with van der Waals surface area (Å²) in [5.41, 5.74) is 4.69. The fraction of sp³-hybridized carbons (Fsp3) is 0.538. The van der Waals surface area contributed by atoms with E-state index in [1.54, 1.807) is 19.1 Å². The zero-order valence-corrected chi connectivity index (χ0v) is 9.58. The molecule has 1 fully saturated rings. The summed E-state index contributed by atoms with van der Waals surface area (Å²) >= 11 is 0. The van der Waals surface area contributed by atoms with Gasteiger partial charge in [0, 0.05) is 6.54 Å². The second-order valence-electron chi connectivity index (χ2n) is 4.37. The number of ether oxygens (including phenoxy) is 1. The first-order valence-corrected chi connectivity index (χ1v) is 5.84. The van der Waals surface area contributed by atoms with Crippen molar-refractivity contribution in [1.29, 1.82) is 0 Å². The number of hydrogen-bond donors (Lipinski definition) is 1. The van der Waals surface area contributed by atoms with Crippen LogP contribution in [0.2, 0.25) is 0 Å². The van der Waals surface area contributed by atoms with Crippen molar-refractivity contribution in [2.45, 2.75) is 38.0 Å². The van der Waals surface area contributed by atoms with Crippen LogP contribution in [0, 0.1) is 0 Å². The predicted octanol–water partition coefficient (Wildman–Crippen LogP) is 2.76. The van der Waals surface area contributed by atoms with Gasteiger partial charge in [0.05, 0.1) is 6.10 Å². The highest BCUT2D eigenvalue weighted by Gasteiger charge is 2.29. The molecule has 1 unspecified atom stereocenters. The fourth-order valence-electron chi connectivity index (χ4n) is 1.69. The summed E-state index contributed by atoms with van der Waals surface area (Å²) < 4.78 is 20.0. The highest BCUT2D eigenvalue weighted by molar-refractivity contribution is 5.33. The van der Waals surface area contributed by atoms with Gasteiger partial charge in [-0.1, -0.05) is 19.1 Å². The van der Waals surface area contributed by atoms with Crippen LogP contribution in [0.1, 0.15) is 31.7 Å². The molecule has 0 amide bonds. The van der Waals surface area contributed by atoms with Crippen molar-refractivity contribution in [3.8, 4) is 5.75 Å². The number of hydrogen-bond acceptors (Lipinski definition) is 2. The molecule has 1 saturated carbocycles. The smallest absolute Gasteiger partial charge is 0.148 e. The maximum absolute atomic E-state index is 14.3. The Balaban J connectivity index is 2.19. The van der Waals surface area contributed by atoms with Crippen LogP contribution in [0.5, 0.6) is 5.75 Å². The molecule has 0 spiro atoms. The lowest BCUT2D eigenvalue weighted by Crippen LogP contribution is -2.29. The van der Waals surface area contributed by atoms with Crippen molar-refractivity contribution in [2.75, 3.05) is 6.54 Å². The third kappa shape index (κ3) is 2.35. The summed E-state index contributed by atoms with van der Waals surface area (Å²) in [5.74, 6) is 0.754. The Hall–Kier alpha value is -1.09. The summed E-state index contributed by atoms with van der Waals surface area (Å²) in [6.07, 6.45) is 2.94. The Bertz CT molecular complexity index is 359. The molecule has 3 heteroatoms. The molecule has 0 heterocycles. The van der Waals surface area contributed by atoms with Crippen molar-refractivity contribution in [2.24, 2.45) is 5.73 Å². The minimum Gasteiger partial charge on any atom is -0.490 e. The maximum atomic E-state index is 14.3. The van der Waals surface area contributed by atoms with Crippen molar-refractivity contribution in [3.63, 3.8) is 0 Å². The molecule has 0 aromatic heterocycles. The van der Waals surface area contributed by atoms with Crippen molar-refractivity contribution in [1.82, 2.24) is 0 Å². The molecular weight excluding hydrogens is 205 g/mol. The summed E-state index contributed by atoms with van der Waals surface area (Å²) in [5, 5.41) is 0. The lowest BCUT2D eigenvalue weighted by Gasteiger charge is -2.22. The first-order chi connectivity index (χ1) is 7.68. The second-order valence-corrected chi connectivity index (χ2v) is 4.37. The van der Waals surface area contributed by atoms with E-state index in [9.17, 15) is 4.39 Å². The van der Waals surface area contributed by atoms with E-state index in [1.807, 2.05) is 12.1 Å². The third-order valence-corrected chi connectivity index (χ3v) is 3.06. The minimum absolute atomic E-state index is 0.0103. The molecule has 2 N–H and O–H groups in total. The first-order valence-electron chi connectivity index (χ1n) is 5.84. The Morgan fingerprint density at radius 3 is 2.81 bits per heavy atom. The lowest BCUT2D eigenvalue weighted by atomic mass is 9.93. The molecule has 88 valence electrons. The average molecular weight is 223 g/mol. The number of benzene rings is 1. The second kappa shape index (κ2) is 4.42. The topological polar surface area (TPSA) is 35.2 Å². The van der Waals surface area contributed by atoms with E-state index in [0.29, 0.717) is 18.1 Å². The highest BCUT2D eigenvalue weighted by atomic mass is 19.1.